The molecule has 1 N–H and O–H groups in total. The molecule has 0 saturated carbocycles. The minimum atomic E-state index is 1.09. The summed E-state index contributed by atoms with van der Waals surface area (Å²) in [4.78, 5) is 0. The second-order valence-electron chi connectivity index (χ2n) is 7.02. The Morgan fingerprint density at radius 1 is 0.444 bits per heavy atom. The Labute approximate surface area is 161 Å². The van der Waals surface area contributed by atoms with E-state index in [0.717, 1.165) is 11.4 Å². The Morgan fingerprint density at radius 3 is 1.26 bits per heavy atom. The molecule has 4 rings (SSSR count). The van der Waals surface area contributed by atoms with Crippen LogP contribution >= 0.6 is 0 Å². The molecule has 0 unspecified atom stereocenters. The molecule has 27 heavy (non-hydrogen) atoms. The largest absolute Gasteiger partial charge is 0.355 e. The van der Waals surface area contributed by atoms with Crippen LogP contribution in [-0.4, -0.2) is 0 Å². The van der Waals surface area contributed by atoms with Crippen LogP contribution in [0.1, 0.15) is 11.1 Å². The van der Waals surface area contributed by atoms with Crippen molar-refractivity contribution in [2.45, 2.75) is 13.8 Å². The van der Waals surface area contributed by atoms with Gasteiger partial charge < -0.3 is 5.32 Å². The fourth-order valence-electron chi connectivity index (χ4n) is 3.21. The van der Waals surface area contributed by atoms with E-state index in [2.05, 4.69) is 116 Å². The topological polar surface area (TPSA) is 12.0 Å². The number of nitrogens with one attached hydrogen (secondary N) is 1. The van der Waals surface area contributed by atoms with E-state index < -0.39 is 0 Å². The van der Waals surface area contributed by atoms with Crippen molar-refractivity contribution in [3.63, 3.8) is 0 Å². The maximum atomic E-state index is 3.55. The summed E-state index contributed by atoms with van der Waals surface area (Å²) < 4.78 is 0. The summed E-state index contributed by atoms with van der Waals surface area (Å²) in [6, 6.07) is 34.4. The number of benzene rings is 4. The van der Waals surface area contributed by atoms with Gasteiger partial charge in [0.2, 0.25) is 0 Å². The summed E-state index contributed by atoms with van der Waals surface area (Å²) in [7, 11) is 0. The van der Waals surface area contributed by atoms with Gasteiger partial charge in [-0.25, -0.2) is 0 Å². The van der Waals surface area contributed by atoms with Crippen molar-refractivity contribution in [2.75, 3.05) is 5.32 Å². The highest BCUT2D eigenvalue weighted by molar-refractivity contribution is 5.74. The number of anilines is 2. The second-order valence-corrected chi connectivity index (χ2v) is 7.02. The Hall–Kier alpha value is -3.32. The lowest BCUT2D eigenvalue weighted by atomic mass is 10.0. The molecule has 0 bridgehead atoms. The maximum absolute atomic E-state index is 3.55. The highest BCUT2D eigenvalue weighted by atomic mass is 14.9. The van der Waals surface area contributed by atoms with E-state index in [1.807, 2.05) is 0 Å². The van der Waals surface area contributed by atoms with E-state index in [4.69, 9.17) is 0 Å². The molecule has 0 radical (unpaired) electrons. The van der Waals surface area contributed by atoms with E-state index in [1.165, 1.54) is 33.4 Å². The van der Waals surface area contributed by atoms with Crippen LogP contribution in [0.5, 0.6) is 0 Å². The van der Waals surface area contributed by atoms with Gasteiger partial charge in [0.05, 0.1) is 0 Å². The predicted molar refractivity (Wildman–Crippen MR) is 117 cm³/mol. The molecule has 1 nitrogen and oxygen atoms in total. The molecule has 0 atom stereocenters. The molecule has 0 aliphatic heterocycles. The smallest absolute Gasteiger partial charge is 0.0390 e. The highest BCUT2D eigenvalue weighted by Gasteiger charge is 2.02. The minimum absolute atomic E-state index is 1.09. The third kappa shape index (κ3) is 4.09. The van der Waals surface area contributed by atoms with Gasteiger partial charge >= 0.3 is 0 Å². The monoisotopic (exact) mass is 349 g/mol. The summed E-state index contributed by atoms with van der Waals surface area (Å²) in [5, 5.41) is 3.55. The molecule has 1 heteroatoms. The van der Waals surface area contributed by atoms with Crippen molar-refractivity contribution in [3.8, 4) is 22.3 Å². The summed E-state index contributed by atoms with van der Waals surface area (Å²) in [6.45, 7) is 4.23. The molecule has 0 aliphatic carbocycles. The summed E-state index contributed by atoms with van der Waals surface area (Å²) in [5.74, 6) is 0. The summed E-state index contributed by atoms with van der Waals surface area (Å²) in [6.07, 6.45) is 0. The fourth-order valence-corrected chi connectivity index (χ4v) is 3.21. The predicted octanol–water partition coefficient (Wildman–Crippen LogP) is 7.38. The van der Waals surface area contributed by atoms with Crippen molar-refractivity contribution >= 4 is 11.4 Å². The quantitative estimate of drug-likeness (QED) is 0.405. The van der Waals surface area contributed by atoms with Gasteiger partial charge in [-0.1, -0.05) is 83.9 Å². The first-order valence-electron chi connectivity index (χ1n) is 9.29. The lowest BCUT2D eigenvalue weighted by molar-refractivity contribution is 1.46. The first-order chi connectivity index (χ1) is 13.2. The van der Waals surface area contributed by atoms with Crippen LogP contribution in [0, 0.1) is 13.8 Å². The zero-order chi connectivity index (χ0) is 18.6. The molecule has 0 amide bonds. The molecule has 132 valence electrons. The lowest BCUT2D eigenvalue weighted by Crippen LogP contribution is -1.91. The Bertz CT molecular complexity index is 957. The van der Waals surface area contributed by atoms with Gasteiger partial charge in [-0.2, -0.15) is 0 Å². The SMILES string of the molecule is Cc1ccc(-c2cccc(Nc3cccc(-c4ccc(C)cc4)c3)c2)cc1. The fraction of sp³-hybridized carbons (Fsp3) is 0.0769. The summed E-state index contributed by atoms with van der Waals surface area (Å²) >= 11 is 0. The Morgan fingerprint density at radius 2 is 0.852 bits per heavy atom. The molecule has 0 fully saturated rings. The van der Waals surface area contributed by atoms with E-state index in [0.29, 0.717) is 0 Å². The van der Waals surface area contributed by atoms with Crippen molar-refractivity contribution < 1.29 is 0 Å². The van der Waals surface area contributed by atoms with Gasteiger partial charge in [-0.3, -0.25) is 0 Å². The van der Waals surface area contributed by atoms with Crippen LogP contribution in [0.15, 0.2) is 97.1 Å². The van der Waals surface area contributed by atoms with Gasteiger partial charge in [-0.05, 0) is 60.4 Å². The average Bonchev–Trinajstić information content (AvgIpc) is 2.69. The third-order valence-corrected chi connectivity index (χ3v) is 4.78. The van der Waals surface area contributed by atoms with Crippen molar-refractivity contribution in [1.82, 2.24) is 0 Å². The number of rotatable bonds is 4. The van der Waals surface area contributed by atoms with Crippen LogP contribution in [0.2, 0.25) is 0 Å². The standard InChI is InChI=1S/C26H23N/c1-19-9-13-21(14-10-19)23-5-3-7-25(17-23)27-26-8-4-6-24(18-26)22-15-11-20(2)12-16-22/h3-18,27H,1-2H3. The second kappa shape index (κ2) is 7.51. The molecule has 4 aromatic carbocycles. The average molecular weight is 349 g/mol. The molecule has 0 aromatic heterocycles. The van der Waals surface area contributed by atoms with E-state index in [1.54, 1.807) is 0 Å². The molecular formula is C26H23N. The third-order valence-electron chi connectivity index (χ3n) is 4.78. The normalized spacial score (nSPS) is 10.6. The van der Waals surface area contributed by atoms with E-state index >= 15 is 0 Å². The lowest BCUT2D eigenvalue weighted by Gasteiger charge is -2.11. The van der Waals surface area contributed by atoms with E-state index in [-0.39, 0.29) is 0 Å². The first kappa shape index (κ1) is 17.1. The molecule has 0 aliphatic rings. The van der Waals surface area contributed by atoms with Crippen LogP contribution in [-0.2, 0) is 0 Å². The van der Waals surface area contributed by atoms with Crippen molar-refractivity contribution in [3.05, 3.63) is 108 Å². The molecule has 0 saturated heterocycles. The molecule has 4 aromatic rings. The summed E-state index contributed by atoms with van der Waals surface area (Å²) in [5.41, 5.74) is 9.64. The highest BCUT2D eigenvalue weighted by Crippen LogP contribution is 2.27. The van der Waals surface area contributed by atoms with E-state index in [9.17, 15) is 0 Å². The zero-order valence-electron chi connectivity index (χ0n) is 15.7. The first-order valence-corrected chi connectivity index (χ1v) is 9.29. The Balaban J connectivity index is 1.59. The van der Waals surface area contributed by atoms with Gasteiger partial charge in [0.15, 0.2) is 0 Å². The number of aryl methyl sites for hydroxylation is 2. The molecule has 0 spiro atoms. The van der Waals surface area contributed by atoms with Gasteiger partial charge in [0.1, 0.15) is 0 Å². The maximum Gasteiger partial charge on any atom is 0.0390 e. The van der Waals surface area contributed by atoms with Crippen LogP contribution in [0.4, 0.5) is 11.4 Å². The van der Waals surface area contributed by atoms with Gasteiger partial charge in [0, 0.05) is 11.4 Å². The molecular weight excluding hydrogens is 326 g/mol. The van der Waals surface area contributed by atoms with Crippen molar-refractivity contribution in [2.24, 2.45) is 0 Å². The minimum Gasteiger partial charge on any atom is -0.355 e. The van der Waals surface area contributed by atoms with Crippen LogP contribution < -0.4 is 5.32 Å². The van der Waals surface area contributed by atoms with Crippen LogP contribution in [0.25, 0.3) is 22.3 Å². The van der Waals surface area contributed by atoms with Crippen LogP contribution in [0.3, 0.4) is 0 Å². The molecule has 0 heterocycles. The van der Waals surface area contributed by atoms with Gasteiger partial charge in [-0.15, -0.1) is 0 Å². The van der Waals surface area contributed by atoms with Crippen molar-refractivity contribution in [1.29, 1.82) is 0 Å². The zero-order valence-corrected chi connectivity index (χ0v) is 15.7. The number of hydrogen-bond donors (Lipinski definition) is 1. The Kier molecular flexibility index (Phi) is 4.76. The van der Waals surface area contributed by atoms with Gasteiger partial charge in [0.25, 0.3) is 0 Å². The number of hydrogen-bond acceptors (Lipinski definition) is 1.